The zero-order chi connectivity index (χ0) is 28.2. The molecule has 0 radical (unpaired) electrons. The topological polar surface area (TPSA) is 90.4 Å². The van der Waals surface area contributed by atoms with E-state index >= 15 is 0 Å². The number of anilines is 1. The third-order valence-corrected chi connectivity index (χ3v) is 8.20. The van der Waals surface area contributed by atoms with Gasteiger partial charge in [0, 0.05) is 23.4 Å². The number of methoxy groups -OCH3 is 1. The van der Waals surface area contributed by atoms with Crippen molar-refractivity contribution in [2.24, 2.45) is 5.92 Å². The fourth-order valence-electron chi connectivity index (χ4n) is 5.21. The van der Waals surface area contributed by atoms with Crippen LogP contribution in [0.4, 0.5) is 9.93 Å². The molecule has 1 aliphatic rings. The zero-order valence-electron chi connectivity index (χ0n) is 23.1. The van der Waals surface area contributed by atoms with Gasteiger partial charge in [0.25, 0.3) is 0 Å². The molecule has 3 aromatic rings. The molecule has 1 aliphatic heterocycles. The van der Waals surface area contributed by atoms with Crippen LogP contribution in [0.5, 0.6) is 5.88 Å². The number of fused-ring (bicyclic) bond motifs is 1. The van der Waals surface area contributed by atoms with E-state index in [1.54, 1.807) is 12.3 Å². The number of nitrogens with zero attached hydrogens (tertiary/aromatic N) is 3. The van der Waals surface area contributed by atoms with Gasteiger partial charge >= 0.3 is 12.0 Å². The Morgan fingerprint density at radius 2 is 2.08 bits per heavy atom. The van der Waals surface area contributed by atoms with Crippen LogP contribution in [0, 0.1) is 5.92 Å². The number of thiazole rings is 1. The number of aryl methyl sites for hydroxylation is 1. The van der Waals surface area contributed by atoms with E-state index in [9.17, 15) is 9.59 Å². The highest BCUT2D eigenvalue weighted by Crippen LogP contribution is 2.35. The number of imide groups is 1. The van der Waals surface area contributed by atoms with E-state index in [0.29, 0.717) is 17.4 Å². The number of allylic oxidation sites excluding steroid dienone is 1. The van der Waals surface area contributed by atoms with E-state index in [2.05, 4.69) is 28.4 Å². The minimum absolute atomic E-state index is 0.0955. The van der Waals surface area contributed by atoms with Crippen LogP contribution in [0.1, 0.15) is 44.9 Å². The maximum absolute atomic E-state index is 14.3. The molecular formula is C30H37N4O4S+. The molecule has 0 aliphatic carbocycles. The summed E-state index contributed by atoms with van der Waals surface area (Å²) in [5.74, 6) is 0.124. The van der Waals surface area contributed by atoms with Crippen molar-refractivity contribution in [2.75, 3.05) is 19.0 Å². The Morgan fingerprint density at radius 3 is 2.77 bits per heavy atom. The van der Waals surface area contributed by atoms with E-state index in [1.807, 2.05) is 56.5 Å². The summed E-state index contributed by atoms with van der Waals surface area (Å²) in [5, 5.41) is 7.80. The van der Waals surface area contributed by atoms with E-state index in [1.165, 1.54) is 18.4 Å². The summed E-state index contributed by atoms with van der Waals surface area (Å²) < 4.78 is 11.2. The SMILES string of the molecule is C=CCCc1csc(NC(C(=O)[N+]2(C(=O)OC)C[C@H](Oc3nccc4ccc(C=C)cc34)CC2C)C(C)C)n1. The van der Waals surface area contributed by atoms with Gasteiger partial charge < -0.3 is 14.8 Å². The summed E-state index contributed by atoms with van der Waals surface area (Å²) >= 11 is 1.45. The second kappa shape index (κ2) is 12.1. The van der Waals surface area contributed by atoms with E-state index < -0.39 is 22.7 Å². The second-order valence-corrected chi connectivity index (χ2v) is 11.2. The number of nitrogens with one attached hydrogen (secondary N) is 1. The summed E-state index contributed by atoms with van der Waals surface area (Å²) in [5.41, 5.74) is 1.90. The quantitative estimate of drug-likeness (QED) is 0.236. The molecule has 1 aromatic carbocycles. The minimum atomic E-state index is -0.644. The van der Waals surface area contributed by atoms with Crippen LogP contribution in [0.25, 0.3) is 16.8 Å². The van der Waals surface area contributed by atoms with Crippen molar-refractivity contribution < 1.29 is 23.5 Å². The van der Waals surface area contributed by atoms with Crippen LogP contribution in [-0.2, 0) is 16.0 Å². The number of ether oxygens (including phenoxy) is 2. The molecule has 3 unspecified atom stereocenters. The average Bonchev–Trinajstić information content (AvgIpc) is 3.53. The number of carbonyl (C=O) groups is 2. The van der Waals surface area contributed by atoms with E-state index in [-0.39, 0.29) is 24.4 Å². The Labute approximate surface area is 234 Å². The number of carbonyl (C=O) groups excluding carboxylic acids is 2. The third kappa shape index (κ3) is 5.74. The molecule has 4 atom stereocenters. The van der Waals surface area contributed by atoms with Gasteiger partial charge in [0.1, 0.15) is 18.6 Å². The van der Waals surface area contributed by atoms with Gasteiger partial charge in [-0.2, -0.15) is 9.28 Å². The van der Waals surface area contributed by atoms with Gasteiger partial charge in [0.15, 0.2) is 11.2 Å². The Hall–Kier alpha value is -3.56. The van der Waals surface area contributed by atoms with Crippen molar-refractivity contribution in [1.82, 2.24) is 9.97 Å². The first-order chi connectivity index (χ1) is 18.7. The number of hydrogen-bond donors (Lipinski definition) is 1. The molecule has 0 saturated carbocycles. The van der Waals surface area contributed by atoms with Crippen molar-refractivity contribution in [3.05, 3.63) is 66.3 Å². The molecule has 39 heavy (non-hydrogen) atoms. The van der Waals surface area contributed by atoms with Crippen LogP contribution in [0.2, 0.25) is 0 Å². The summed E-state index contributed by atoms with van der Waals surface area (Å²) in [4.78, 5) is 36.8. The molecule has 2 amide bonds. The first-order valence-electron chi connectivity index (χ1n) is 13.2. The number of quaternary nitrogens is 1. The molecule has 2 aromatic heterocycles. The third-order valence-electron chi connectivity index (χ3n) is 7.38. The lowest BCUT2D eigenvalue weighted by Crippen LogP contribution is -2.64. The summed E-state index contributed by atoms with van der Waals surface area (Å²) in [7, 11) is 1.32. The standard InChI is InChI=1S/C30H37N4O4S/c1-7-9-10-23-18-39-29(32-23)33-26(19(3)4)28(35)34(30(36)37-6)17-24(15-20(34)5)38-27-25-16-21(8-2)11-12-22(25)13-14-31-27/h7-8,11-14,16,18-20,24,26H,1-2,9-10,15,17H2,3-6H3,(H,32,33)/q+1/t20?,24-,26?,34?/m1/s1. The number of rotatable bonds is 10. The lowest BCUT2D eigenvalue weighted by molar-refractivity contribution is -0.794. The zero-order valence-corrected chi connectivity index (χ0v) is 23.9. The smallest absolute Gasteiger partial charge is 0.468 e. The van der Waals surface area contributed by atoms with Crippen LogP contribution < -0.4 is 10.1 Å². The van der Waals surface area contributed by atoms with Gasteiger partial charge in [0.2, 0.25) is 5.88 Å². The largest absolute Gasteiger partial charge is 0.523 e. The minimum Gasteiger partial charge on any atom is -0.468 e. The predicted molar refractivity (Wildman–Crippen MR) is 156 cm³/mol. The van der Waals surface area contributed by atoms with Gasteiger partial charge in [-0.25, -0.2) is 14.8 Å². The highest BCUT2D eigenvalue weighted by molar-refractivity contribution is 7.13. The number of likely N-dealkylation sites (tertiary alicyclic amines) is 1. The molecule has 0 bridgehead atoms. The van der Waals surface area contributed by atoms with Crippen LogP contribution in [0.3, 0.4) is 0 Å². The maximum atomic E-state index is 14.3. The van der Waals surface area contributed by atoms with Crippen molar-refractivity contribution in [3.63, 3.8) is 0 Å². The van der Waals surface area contributed by atoms with Crippen LogP contribution >= 0.6 is 11.3 Å². The van der Waals surface area contributed by atoms with Crippen molar-refractivity contribution in [2.45, 2.75) is 58.2 Å². The molecule has 9 heteroatoms. The molecular weight excluding hydrogens is 512 g/mol. The number of amides is 2. The highest BCUT2D eigenvalue weighted by Gasteiger charge is 2.60. The lowest BCUT2D eigenvalue weighted by Gasteiger charge is -2.35. The number of pyridine rings is 1. The molecule has 0 spiro atoms. The molecule has 1 N–H and O–H groups in total. The molecule has 1 saturated heterocycles. The predicted octanol–water partition coefficient (Wildman–Crippen LogP) is 6.24. The molecule has 206 valence electrons. The van der Waals surface area contributed by atoms with E-state index in [4.69, 9.17) is 9.47 Å². The van der Waals surface area contributed by atoms with Gasteiger partial charge in [-0.3, -0.25) is 0 Å². The van der Waals surface area contributed by atoms with Gasteiger partial charge in [-0.15, -0.1) is 17.9 Å². The Bertz CT molecular complexity index is 1370. The molecule has 3 heterocycles. The number of benzene rings is 1. The van der Waals surface area contributed by atoms with Gasteiger partial charge in [-0.05, 0) is 48.8 Å². The van der Waals surface area contributed by atoms with Gasteiger partial charge in [0.05, 0.1) is 12.8 Å². The maximum Gasteiger partial charge on any atom is 0.523 e. The summed E-state index contributed by atoms with van der Waals surface area (Å²) in [6.07, 6.45) is 6.45. The summed E-state index contributed by atoms with van der Waals surface area (Å²) in [6, 6.07) is 6.89. The first-order valence-corrected chi connectivity index (χ1v) is 14.1. The second-order valence-electron chi connectivity index (χ2n) is 10.3. The van der Waals surface area contributed by atoms with Crippen molar-refractivity contribution >= 4 is 45.3 Å². The number of hydrogen-bond acceptors (Lipinski definition) is 8. The molecule has 1 fully saturated rings. The normalized spacial score (nSPS) is 21.5. The van der Waals surface area contributed by atoms with Gasteiger partial charge in [-0.1, -0.05) is 44.7 Å². The van der Waals surface area contributed by atoms with Crippen molar-refractivity contribution in [1.29, 1.82) is 0 Å². The fraction of sp³-hybridized carbons (Fsp3) is 0.400. The average molecular weight is 550 g/mol. The molecule has 4 rings (SSSR count). The Morgan fingerprint density at radius 1 is 1.28 bits per heavy atom. The monoisotopic (exact) mass is 549 g/mol. The Balaban J connectivity index is 1.62. The van der Waals surface area contributed by atoms with E-state index in [0.717, 1.165) is 34.9 Å². The highest BCUT2D eigenvalue weighted by atomic mass is 32.1. The lowest BCUT2D eigenvalue weighted by atomic mass is 10.0. The van der Waals surface area contributed by atoms with Crippen LogP contribution in [-0.4, -0.2) is 58.3 Å². The number of aromatic nitrogens is 2. The first kappa shape index (κ1) is 28.4. The summed E-state index contributed by atoms with van der Waals surface area (Å²) in [6.45, 7) is 13.6. The molecule has 8 nitrogen and oxygen atoms in total. The fourth-order valence-corrected chi connectivity index (χ4v) is 5.99. The van der Waals surface area contributed by atoms with Crippen molar-refractivity contribution in [3.8, 4) is 5.88 Å². The van der Waals surface area contributed by atoms with Crippen LogP contribution in [0.15, 0.2) is 55.1 Å². The Kier molecular flexibility index (Phi) is 8.82.